The number of aryl methyl sites for hydroxylation is 1. The first-order chi connectivity index (χ1) is 12.7. The van der Waals surface area contributed by atoms with Crippen LogP contribution in [0, 0.1) is 11.3 Å². The van der Waals surface area contributed by atoms with E-state index in [4.69, 9.17) is 9.47 Å². The van der Waals surface area contributed by atoms with Crippen molar-refractivity contribution in [3.05, 3.63) is 50.8 Å². The van der Waals surface area contributed by atoms with E-state index in [2.05, 4.69) is 33.6 Å². The molecule has 134 valence electrons. The van der Waals surface area contributed by atoms with Gasteiger partial charge in [-0.2, -0.15) is 5.26 Å². The molecule has 3 rings (SSSR count). The summed E-state index contributed by atoms with van der Waals surface area (Å²) in [6.07, 6.45) is 7.83. The van der Waals surface area contributed by atoms with Crippen LogP contribution >= 0.6 is 27.3 Å². The molecule has 0 bridgehead atoms. The summed E-state index contributed by atoms with van der Waals surface area (Å²) in [6.45, 7) is 4.06. The lowest BCUT2D eigenvalue weighted by molar-refractivity contribution is 0.324. The molecule has 1 aromatic carbocycles. The molecule has 2 aromatic rings. The average molecular weight is 431 g/mol. The third-order valence-corrected chi connectivity index (χ3v) is 5.98. The molecule has 26 heavy (non-hydrogen) atoms. The third-order valence-electron chi connectivity index (χ3n) is 4.19. The smallest absolute Gasteiger partial charge is 0.175 e. The van der Waals surface area contributed by atoms with Crippen LogP contribution in [0.5, 0.6) is 11.5 Å². The summed E-state index contributed by atoms with van der Waals surface area (Å²) >= 11 is 5.15. The van der Waals surface area contributed by atoms with Crippen molar-refractivity contribution in [1.82, 2.24) is 0 Å². The standard InChI is InChI=1S/C20H19BrN2O2S/c1-3-8-25-19-16(21)9-13(10-17(19)24-2)12-23-20-15(11-22)14-6-4-5-7-18(14)26-20/h3,9-10,12H,1,4-8H2,2H3/b23-12+. The molecule has 0 saturated carbocycles. The van der Waals surface area contributed by atoms with Crippen LogP contribution in [-0.4, -0.2) is 19.9 Å². The summed E-state index contributed by atoms with van der Waals surface area (Å²) < 4.78 is 11.9. The Morgan fingerprint density at radius 2 is 2.19 bits per heavy atom. The fourth-order valence-electron chi connectivity index (χ4n) is 2.99. The van der Waals surface area contributed by atoms with Gasteiger partial charge >= 0.3 is 0 Å². The van der Waals surface area contributed by atoms with Gasteiger partial charge in [-0.3, -0.25) is 0 Å². The van der Waals surface area contributed by atoms with Crippen molar-refractivity contribution in [2.75, 3.05) is 13.7 Å². The van der Waals surface area contributed by atoms with Crippen LogP contribution in [0.3, 0.4) is 0 Å². The van der Waals surface area contributed by atoms with Crippen LogP contribution in [-0.2, 0) is 12.8 Å². The minimum atomic E-state index is 0.397. The third kappa shape index (κ3) is 3.84. The van der Waals surface area contributed by atoms with Crippen LogP contribution in [0.25, 0.3) is 0 Å². The molecule has 0 aliphatic heterocycles. The van der Waals surface area contributed by atoms with E-state index in [-0.39, 0.29) is 0 Å². The van der Waals surface area contributed by atoms with E-state index in [1.165, 1.54) is 16.9 Å². The van der Waals surface area contributed by atoms with Gasteiger partial charge in [0, 0.05) is 11.1 Å². The SMILES string of the molecule is C=CCOc1c(Br)cc(/C=N/c2sc3c(c2C#N)CCCC3)cc1OC. The zero-order valence-corrected chi connectivity index (χ0v) is 17.0. The van der Waals surface area contributed by atoms with Crippen molar-refractivity contribution in [2.24, 2.45) is 4.99 Å². The lowest BCUT2D eigenvalue weighted by Gasteiger charge is -2.12. The number of thiophene rings is 1. The molecule has 0 N–H and O–H groups in total. The quantitative estimate of drug-likeness (QED) is 0.443. The van der Waals surface area contributed by atoms with Crippen LogP contribution < -0.4 is 9.47 Å². The fraction of sp³-hybridized carbons (Fsp3) is 0.300. The maximum Gasteiger partial charge on any atom is 0.175 e. The number of methoxy groups -OCH3 is 1. The van der Waals surface area contributed by atoms with Crippen molar-refractivity contribution in [2.45, 2.75) is 25.7 Å². The molecular weight excluding hydrogens is 412 g/mol. The van der Waals surface area contributed by atoms with E-state index >= 15 is 0 Å². The van der Waals surface area contributed by atoms with E-state index in [0.29, 0.717) is 18.1 Å². The minimum absolute atomic E-state index is 0.397. The molecule has 1 aliphatic rings. The molecule has 1 heterocycles. The number of hydrogen-bond donors (Lipinski definition) is 0. The van der Waals surface area contributed by atoms with Crippen molar-refractivity contribution in [1.29, 1.82) is 5.26 Å². The summed E-state index contributed by atoms with van der Waals surface area (Å²) in [5, 5.41) is 10.3. The Labute approximate surface area is 165 Å². The predicted molar refractivity (Wildman–Crippen MR) is 109 cm³/mol. The van der Waals surface area contributed by atoms with Gasteiger partial charge in [0.15, 0.2) is 11.5 Å². The van der Waals surface area contributed by atoms with E-state index < -0.39 is 0 Å². The van der Waals surface area contributed by atoms with Crippen LogP contribution in [0.1, 0.15) is 34.4 Å². The second-order valence-electron chi connectivity index (χ2n) is 5.89. The molecule has 0 unspecified atom stereocenters. The Balaban J connectivity index is 1.92. The molecular formula is C20H19BrN2O2S. The van der Waals surface area contributed by atoms with E-state index in [1.54, 1.807) is 30.7 Å². The molecule has 4 nitrogen and oxygen atoms in total. The number of nitrogens with zero attached hydrogens (tertiary/aromatic N) is 2. The topological polar surface area (TPSA) is 54.6 Å². The second-order valence-corrected chi connectivity index (χ2v) is 7.83. The lowest BCUT2D eigenvalue weighted by Crippen LogP contribution is -1.99. The molecule has 1 aromatic heterocycles. The van der Waals surface area contributed by atoms with Gasteiger partial charge < -0.3 is 9.47 Å². The number of rotatable bonds is 6. The van der Waals surface area contributed by atoms with Crippen molar-refractivity contribution < 1.29 is 9.47 Å². The minimum Gasteiger partial charge on any atom is -0.493 e. The zero-order valence-electron chi connectivity index (χ0n) is 14.5. The Hall–Kier alpha value is -2.10. The van der Waals surface area contributed by atoms with Gasteiger partial charge in [0.25, 0.3) is 0 Å². The molecule has 0 saturated heterocycles. The van der Waals surface area contributed by atoms with E-state index in [0.717, 1.165) is 39.9 Å². The fourth-order valence-corrected chi connectivity index (χ4v) is 4.75. The highest BCUT2D eigenvalue weighted by Crippen LogP contribution is 2.40. The first kappa shape index (κ1) is 18.7. The van der Waals surface area contributed by atoms with Crippen molar-refractivity contribution >= 4 is 38.5 Å². The van der Waals surface area contributed by atoms with Crippen molar-refractivity contribution in [3.8, 4) is 17.6 Å². The van der Waals surface area contributed by atoms with Gasteiger partial charge in [0.2, 0.25) is 0 Å². The van der Waals surface area contributed by atoms with Gasteiger partial charge in [-0.05, 0) is 64.9 Å². The molecule has 6 heteroatoms. The average Bonchev–Trinajstić information content (AvgIpc) is 3.02. The highest BCUT2D eigenvalue weighted by Gasteiger charge is 2.20. The number of fused-ring (bicyclic) bond motifs is 1. The monoisotopic (exact) mass is 430 g/mol. The summed E-state index contributed by atoms with van der Waals surface area (Å²) in [7, 11) is 1.60. The maximum absolute atomic E-state index is 9.54. The lowest BCUT2D eigenvalue weighted by atomic mass is 9.96. The Bertz CT molecular complexity index is 896. The summed E-state index contributed by atoms with van der Waals surface area (Å²) in [4.78, 5) is 5.91. The first-order valence-electron chi connectivity index (χ1n) is 8.37. The molecule has 0 amide bonds. The molecule has 0 atom stereocenters. The van der Waals surface area contributed by atoms with E-state index in [1.807, 2.05) is 12.1 Å². The zero-order chi connectivity index (χ0) is 18.5. The van der Waals surface area contributed by atoms with Gasteiger partial charge in [0.1, 0.15) is 17.7 Å². The predicted octanol–water partition coefficient (Wildman–Crippen LogP) is 5.59. The van der Waals surface area contributed by atoms with Gasteiger partial charge in [-0.15, -0.1) is 11.3 Å². The number of benzene rings is 1. The van der Waals surface area contributed by atoms with Crippen molar-refractivity contribution in [3.63, 3.8) is 0 Å². The highest BCUT2D eigenvalue weighted by molar-refractivity contribution is 9.10. The molecule has 0 radical (unpaired) electrons. The number of hydrogen-bond acceptors (Lipinski definition) is 5. The normalized spacial score (nSPS) is 13.3. The molecule has 0 spiro atoms. The maximum atomic E-state index is 9.54. The Kier molecular flexibility index (Phi) is 6.12. The van der Waals surface area contributed by atoms with Gasteiger partial charge in [0.05, 0.1) is 17.1 Å². The number of ether oxygens (including phenoxy) is 2. The first-order valence-corrected chi connectivity index (χ1v) is 9.98. The van der Waals surface area contributed by atoms with Crippen LogP contribution in [0.4, 0.5) is 5.00 Å². The Morgan fingerprint density at radius 3 is 2.92 bits per heavy atom. The number of halogens is 1. The van der Waals surface area contributed by atoms with Gasteiger partial charge in [-0.1, -0.05) is 12.7 Å². The largest absolute Gasteiger partial charge is 0.493 e. The summed E-state index contributed by atoms with van der Waals surface area (Å²) in [6, 6.07) is 6.13. The highest BCUT2D eigenvalue weighted by atomic mass is 79.9. The number of aliphatic imine (C=N–C) groups is 1. The van der Waals surface area contributed by atoms with Gasteiger partial charge in [-0.25, -0.2) is 4.99 Å². The molecule has 0 fully saturated rings. The van der Waals surface area contributed by atoms with E-state index in [9.17, 15) is 5.26 Å². The van der Waals surface area contributed by atoms with Crippen LogP contribution in [0.15, 0.2) is 34.3 Å². The second kappa shape index (κ2) is 8.52. The van der Waals surface area contributed by atoms with Crippen LogP contribution in [0.2, 0.25) is 0 Å². The summed E-state index contributed by atoms with van der Waals surface area (Å²) in [5.74, 6) is 1.25. The number of nitriles is 1. The molecule has 1 aliphatic carbocycles. The Morgan fingerprint density at radius 1 is 1.38 bits per heavy atom. The summed E-state index contributed by atoms with van der Waals surface area (Å²) in [5.41, 5.74) is 2.80.